The number of hydrogen-bond donors (Lipinski definition) is 2. The largest absolute Gasteiger partial charge is 0.496 e. The number of hydrogen-bond acceptors (Lipinski definition) is 3. The normalized spacial score (nSPS) is 17.6. The molecule has 1 saturated carbocycles. The van der Waals surface area contributed by atoms with Gasteiger partial charge in [0.1, 0.15) is 5.75 Å². The van der Waals surface area contributed by atoms with E-state index in [0.29, 0.717) is 6.54 Å². The van der Waals surface area contributed by atoms with E-state index in [9.17, 15) is 5.11 Å². The summed E-state index contributed by atoms with van der Waals surface area (Å²) in [5.74, 6) is 0.839. The SMILES string of the molecule is COc1ccc(CNCC2(O)CCC2)cc1Br. The predicted octanol–water partition coefficient (Wildman–Crippen LogP) is 2.46. The molecule has 0 heterocycles. The number of aliphatic hydroxyl groups is 1. The lowest BCUT2D eigenvalue weighted by Crippen LogP contribution is -2.45. The summed E-state index contributed by atoms with van der Waals surface area (Å²) in [5, 5.41) is 13.2. The van der Waals surface area contributed by atoms with Crippen LogP contribution >= 0.6 is 15.9 Å². The molecule has 3 nitrogen and oxygen atoms in total. The summed E-state index contributed by atoms with van der Waals surface area (Å²) in [6.07, 6.45) is 2.99. The second kappa shape index (κ2) is 5.38. The highest BCUT2D eigenvalue weighted by atomic mass is 79.9. The first-order valence-corrected chi connectivity index (χ1v) is 6.68. The molecule has 0 bridgehead atoms. The van der Waals surface area contributed by atoms with Crippen LogP contribution in [0.25, 0.3) is 0 Å². The predicted molar refractivity (Wildman–Crippen MR) is 71.2 cm³/mol. The van der Waals surface area contributed by atoms with Crippen molar-refractivity contribution in [3.63, 3.8) is 0 Å². The van der Waals surface area contributed by atoms with Crippen molar-refractivity contribution < 1.29 is 9.84 Å². The zero-order chi connectivity index (χ0) is 12.3. The van der Waals surface area contributed by atoms with Crippen molar-refractivity contribution in [3.8, 4) is 5.75 Å². The van der Waals surface area contributed by atoms with Gasteiger partial charge in [-0.3, -0.25) is 0 Å². The molecule has 1 aromatic rings. The third kappa shape index (κ3) is 3.21. The zero-order valence-corrected chi connectivity index (χ0v) is 11.6. The van der Waals surface area contributed by atoms with E-state index >= 15 is 0 Å². The van der Waals surface area contributed by atoms with E-state index < -0.39 is 5.60 Å². The average Bonchev–Trinajstić information content (AvgIpc) is 2.27. The van der Waals surface area contributed by atoms with Crippen molar-refractivity contribution in [2.45, 2.75) is 31.4 Å². The van der Waals surface area contributed by atoms with Gasteiger partial charge in [-0.2, -0.15) is 0 Å². The minimum Gasteiger partial charge on any atom is -0.496 e. The maximum atomic E-state index is 9.93. The topological polar surface area (TPSA) is 41.5 Å². The van der Waals surface area contributed by atoms with Crippen molar-refractivity contribution >= 4 is 15.9 Å². The first kappa shape index (κ1) is 12.9. The molecule has 0 aliphatic heterocycles. The Balaban J connectivity index is 1.84. The fourth-order valence-corrected chi connectivity index (χ4v) is 2.61. The lowest BCUT2D eigenvalue weighted by molar-refractivity contribution is -0.0314. The van der Waals surface area contributed by atoms with Crippen LogP contribution in [-0.2, 0) is 6.54 Å². The van der Waals surface area contributed by atoms with Crippen LogP contribution in [0, 0.1) is 0 Å². The van der Waals surface area contributed by atoms with E-state index in [1.54, 1.807) is 7.11 Å². The van der Waals surface area contributed by atoms with Gasteiger partial charge in [0.2, 0.25) is 0 Å². The van der Waals surface area contributed by atoms with Crippen LogP contribution in [0.5, 0.6) is 5.75 Å². The molecular formula is C13H18BrNO2. The van der Waals surface area contributed by atoms with Crippen LogP contribution in [0.3, 0.4) is 0 Å². The fraction of sp³-hybridized carbons (Fsp3) is 0.538. The summed E-state index contributed by atoms with van der Waals surface area (Å²) in [4.78, 5) is 0. The zero-order valence-electron chi connectivity index (χ0n) is 10.0. The Bertz CT molecular complexity index is 391. The summed E-state index contributed by atoms with van der Waals surface area (Å²) in [6.45, 7) is 1.45. The molecule has 2 N–H and O–H groups in total. The molecule has 0 unspecified atom stereocenters. The van der Waals surface area contributed by atoms with E-state index in [4.69, 9.17) is 4.74 Å². The van der Waals surface area contributed by atoms with Gasteiger partial charge in [0.05, 0.1) is 17.2 Å². The van der Waals surface area contributed by atoms with Gasteiger partial charge in [0.25, 0.3) is 0 Å². The van der Waals surface area contributed by atoms with Crippen LogP contribution in [-0.4, -0.2) is 24.4 Å². The molecule has 17 heavy (non-hydrogen) atoms. The molecule has 4 heteroatoms. The Morgan fingerprint density at radius 1 is 1.47 bits per heavy atom. The number of nitrogens with one attached hydrogen (secondary N) is 1. The number of rotatable bonds is 5. The average molecular weight is 300 g/mol. The van der Waals surface area contributed by atoms with Crippen LogP contribution in [0.1, 0.15) is 24.8 Å². The van der Waals surface area contributed by atoms with Crippen LogP contribution < -0.4 is 10.1 Å². The molecule has 1 fully saturated rings. The second-order valence-corrected chi connectivity index (χ2v) is 5.50. The molecular weight excluding hydrogens is 282 g/mol. The van der Waals surface area contributed by atoms with E-state index in [2.05, 4.69) is 21.2 Å². The Morgan fingerprint density at radius 2 is 2.24 bits per heavy atom. The van der Waals surface area contributed by atoms with Crippen molar-refractivity contribution in [2.24, 2.45) is 0 Å². The summed E-state index contributed by atoms with van der Waals surface area (Å²) in [7, 11) is 1.66. The molecule has 1 aliphatic rings. The van der Waals surface area contributed by atoms with Crippen molar-refractivity contribution in [1.82, 2.24) is 5.32 Å². The Kier molecular flexibility index (Phi) is 4.07. The molecule has 2 rings (SSSR count). The molecule has 1 aliphatic carbocycles. The monoisotopic (exact) mass is 299 g/mol. The first-order chi connectivity index (χ1) is 8.13. The highest BCUT2D eigenvalue weighted by molar-refractivity contribution is 9.10. The third-order valence-corrected chi connectivity index (χ3v) is 3.90. The molecule has 0 amide bonds. The summed E-state index contributed by atoms with van der Waals surface area (Å²) >= 11 is 3.46. The van der Waals surface area contributed by atoms with E-state index in [1.807, 2.05) is 18.2 Å². The fourth-order valence-electron chi connectivity index (χ4n) is 2.02. The van der Waals surface area contributed by atoms with E-state index in [-0.39, 0.29) is 0 Å². The summed E-state index contributed by atoms with van der Waals surface area (Å²) in [5.41, 5.74) is 0.726. The van der Waals surface area contributed by atoms with Gasteiger partial charge in [-0.25, -0.2) is 0 Å². The van der Waals surface area contributed by atoms with Crippen LogP contribution in [0.15, 0.2) is 22.7 Å². The van der Waals surface area contributed by atoms with Crippen LogP contribution in [0.4, 0.5) is 0 Å². The van der Waals surface area contributed by atoms with E-state index in [1.165, 1.54) is 5.56 Å². The Morgan fingerprint density at radius 3 is 2.76 bits per heavy atom. The molecule has 0 radical (unpaired) electrons. The lowest BCUT2D eigenvalue weighted by Gasteiger charge is -2.36. The molecule has 1 aromatic carbocycles. The Labute approximate surface area is 110 Å². The summed E-state index contributed by atoms with van der Waals surface area (Å²) in [6, 6.07) is 6.01. The maximum Gasteiger partial charge on any atom is 0.133 e. The quantitative estimate of drug-likeness (QED) is 0.878. The number of halogens is 1. The van der Waals surface area contributed by atoms with Gasteiger partial charge in [0.15, 0.2) is 0 Å². The minimum atomic E-state index is -0.455. The van der Waals surface area contributed by atoms with E-state index in [0.717, 1.165) is 36.0 Å². The molecule has 0 saturated heterocycles. The minimum absolute atomic E-state index is 0.455. The Hall–Kier alpha value is -0.580. The van der Waals surface area contributed by atoms with Crippen molar-refractivity contribution in [1.29, 1.82) is 0 Å². The van der Waals surface area contributed by atoms with Gasteiger partial charge in [-0.15, -0.1) is 0 Å². The second-order valence-electron chi connectivity index (χ2n) is 4.65. The van der Waals surface area contributed by atoms with Gasteiger partial charge in [0, 0.05) is 13.1 Å². The van der Waals surface area contributed by atoms with Crippen molar-refractivity contribution in [2.75, 3.05) is 13.7 Å². The lowest BCUT2D eigenvalue weighted by atomic mass is 9.80. The molecule has 0 spiro atoms. The van der Waals surface area contributed by atoms with Gasteiger partial charge >= 0.3 is 0 Å². The summed E-state index contributed by atoms with van der Waals surface area (Å²) < 4.78 is 6.14. The molecule has 94 valence electrons. The first-order valence-electron chi connectivity index (χ1n) is 5.88. The number of benzene rings is 1. The maximum absolute atomic E-state index is 9.93. The van der Waals surface area contributed by atoms with Gasteiger partial charge < -0.3 is 15.2 Å². The highest BCUT2D eigenvalue weighted by Gasteiger charge is 2.33. The van der Waals surface area contributed by atoms with Gasteiger partial charge in [-0.05, 0) is 52.9 Å². The molecule has 0 aromatic heterocycles. The standard InChI is InChI=1S/C13H18BrNO2/c1-17-12-4-3-10(7-11(12)14)8-15-9-13(16)5-2-6-13/h3-4,7,15-16H,2,5-6,8-9H2,1H3. The number of methoxy groups -OCH3 is 1. The van der Waals surface area contributed by atoms with Crippen LogP contribution in [0.2, 0.25) is 0 Å². The van der Waals surface area contributed by atoms with Gasteiger partial charge in [-0.1, -0.05) is 6.07 Å². The highest BCUT2D eigenvalue weighted by Crippen LogP contribution is 2.30. The third-order valence-electron chi connectivity index (χ3n) is 3.28. The molecule has 0 atom stereocenters. The number of ether oxygens (including phenoxy) is 1. The smallest absolute Gasteiger partial charge is 0.133 e. The van der Waals surface area contributed by atoms with Crippen molar-refractivity contribution in [3.05, 3.63) is 28.2 Å².